The van der Waals surface area contributed by atoms with E-state index < -0.39 is 0 Å². The lowest BCUT2D eigenvalue weighted by molar-refractivity contribution is 0.460. The predicted molar refractivity (Wildman–Crippen MR) is 90.0 cm³/mol. The molecule has 0 saturated heterocycles. The van der Waals surface area contributed by atoms with Gasteiger partial charge in [-0.1, -0.05) is 16.8 Å². The van der Waals surface area contributed by atoms with E-state index in [0.29, 0.717) is 27.1 Å². The molecule has 0 aliphatic rings. The summed E-state index contributed by atoms with van der Waals surface area (Å²) in [5.41, 5.74) is 1.94. The number of nitrogens with zero attached hydrogens (tertiary/aromatic N) is 2. The molecule has 5 nitrogen and oxygen atoms in total. The van der Waals surface area contributed by atoms with Crippen molar-refractivity contribution >= 4 is 51.4 Å². The van der Waals surface area contributed by atoms with Gasteiger partial charge in [-0.2, -0.15) is 5.26 Å². The smallest absolute Gasteiger partial charge is 0.183 e. The average Bonchev–Trinajstić information content (AvgIpc) is 2.90. The molecule has 22 heavy (non-hydrogen) atoms. The molecule has 0 saturated carbocycles. The molecule has 2 aromatic carbocycles. The Morgan fingerprint density at radius 2 is 1.95 bits per heavy atom. The number of benzene rings is 2. The topological polar surface area (TPSA) is 73.9 Å². The Hall–Kier alpha value is -2.62. The Bertz CT molecular complexity index is 883. The molecular weight excluding hydrogens is 320 g/mol. The molecule has 0 spiro atoms. The third-order valence-corrected chi connectivity index (χ3v) is 3.38. The minimum atomic E-state index is 0.370. The maximum atomic E-state index is 8.77. The summed E-state index contributed by atoms with van der Waals surface area (Å²) in [6.07, 6.45) is 0. The maximum absolute atomic E-state index is 8.77. The first-order valence-corrected chi connectivity index (χ1v) is 7.07. The molecule has 7 heteroatoms. The number of nitrogens with one attached hydrogen (secondary N) is 2. The van der Waals surface area contributed by atoms with Crippen LogP contribution in [0, 0.1) is 11.3 Å². The predicted octanol–water partition coefficient (Wildman–Crippen LogP) is 4.16. The van der Waals surface area contributed by atoms with E-state index in [-0.39, 0.29) is 0 Å². The molecule has 1 aromatic heterocycles. The maximum Gasteiger partial charge on any atom is 0.183 e. The van der Waals surface area contributed by atoms with Crippen LogP contribution in [0.5, 0.6) is 0 Å². The molecule has 108 valence electrons. The average molecular weight is 329 g/mol. The first kappa shape index (κ1) is 14.3. The number of thiocarbonyl (C=S) groups is 1. The molecule has 3 aromatic rings. The van der Waals surface area contributed by atoms with E-state index in [4.69, 9.17) is 33.6 Å². The molecule has 0 radical (unpaired) electrons. The molecule has 0 aliphatic heterocycles. The number of halogens is 1. The summed E-state index contributed by atoms with van der Waals surface area (Å²) in [5, 5.41) is 20.4. The van der Waals surface area contributed by atoms with Crippen molar-refractivity contribution in [3.05, 3.63) is 53.1 Å². The van der Waals surface area contributed by atoms with Crippen LogP contribution in [0.25, 0.3) is 11.0 Å². The third-order valence-electron chi connectivity index (χ3n) is 2.94. The fraction of sp³-hybridized carbons (Fsp3) is 0. The van der Waals surface area contributed by atoms with Crippen molar-refractivity contribution in [3.8, 4) is 6.07 Å². The molecule has 0 amide bonds. The lowest BCUT2D eigenvalue weighted by Crippen LogP contribution is -2.19. The zero-order valence-corrected chi connectivity index (χ0v) is 12.7. The van der Waals surface area contributed by atoms with Crippen molar-refractivity contribution in [1.82, 2.24) is 5.16 Å². The lowest BCUT2D eigenvalue weighted by Gasteiger charge is -2.08. The van der Waals surface area contributed by atoms with Crippen molar-refractivity contribution in [2.75, 3.05) is 10.6 Å². The number of hydrogen-bond donors (Lipinski definition) is 2. The second kappa shape index (κ2) is 6.02. The van der Waals surface area contributed by atoms with E-state index in [2.05, 4.69) is 21.9 Å². The number of fused-ring (bicyclic) bond motifs is 1. The highest BCUT2D eigenvalue weighted by Crippen LogP contribution is 2.25. The quantitative estimate of drug-likeness (QED) is 0.688. The SMILES string of the molecule is N#Cc1ccc(NC(=S)Nc2noc3cc(Cl)ccc23)cc1. The van der Waals surface area contributed by atoms with Crippen LogP contribution in [0.3, 0.4) is 0 Å². The molecule has 0 unspecified atom stereocenters. The van der Waals surface area contributed by atoms with Gasteiger partial charge in [0.25, 0.3) is 0 Å². The van der Waals surface area contributed by atoms with Gasteiger partial charge >= 0.3 is 0 Å². The molecule has 0 aliphatic carbocycles. The van der Waals surface area contributed by atoms with E-state index in [9.17, 15) is 0 Å². The van der Waals surface area contributed by atoms with Gasteiger partial charge in [0.2, 0.25) is 0 Å². The van der Waals surface area contributed by atoms with Gasteiger partial charge in [0, 0.05) is 16.8 Å². The Kier molecular flexibility index (Phi) is 3.92. The zero-order valence-electron chi connectivity index (χ0n) is 11.1. The number of rotatable bonds is 2. The number of nitriles is 1. The van der Waals surface area contributed by atoms with E-state index in [1.54, 1.807) is 42.5 Å². The lowest BCUT2D eigenvalue weighted by atomic mass is 10.2. The van der Waals surface area contributed by atoms with Crippen LogP contribution in [0.4, 0.5) is 11.5 Å². The summed E-state index contributed by atoms with van der Waals surface area (Å²) >= 11 is 11.1. The summed E-state index contributed by atoms with van der Waals surface area (Å²) in [4.78, 5) is 0. The summed E-state index contributed by atoms with van der Waals surface area (Å²) in [5.74, 6) is 0.512. The van der Waals surface area contributed by atoms with Gasteiger partial charge < -0.3 is 15.2 Å². The number of anilines is 2. The number of hydrogen-bond acceptors (Lipinski definition) is 4. The highest BCUT2D eigenvalue weighted by molar-refractivity contribution is 7.80. The summed E-state index contributed by atoms with van der Waals surface area (Å²) < 4.78 is 5.19. The van der Waals surface area contributed by atoms with E-state index >= 15 is 0 Å². The van der Waals surface area contributed by atoms with Gasteiger partial charge in [-0.3, -0.25) is 0 Å². The summed E-state index contributed by atoms with van der Waals surface area (Å²) in [7, 11) is 0. The molecule has 3 rings (SSSR count). The van der Waals surface area contributed by atoms with Crippen LogP contribution >= 0.6 is 23.8 Å². The van der Waals surface area contributed by atoms with Crippen LogP contribution in [0.2, 0.25) is 5.02 Å². The minimum Gasteiger partial charge on any atom is -0.354 e. The monoisotopic (exact) mass is 328 g/mol. The van der Waals surface area contributed by atoms with Crippen molar-refractivity contribution in [1.29, 1.82) is 5.26 Å². The molecule has 0 atom stereocenters. The van der Waals surface area contributed by atoms with Crippen LogP contribution in [0.15, 0.2) is 47.0 Å². The molecule has 2 N–H and O–H groups in total. The first-order valence-electron chi connectivity index (χ1n) is 6.29. The largest absolute Gasteiger partial charge is 0.354 e. The van der Waals surface area contributed by atoms with Crippen molar-refractivity contribution in [2.24, 2.45) is 0 Å². The Labute approximate surface area is 136 Å². The fourth-order valence-corrected chi connectivity index (χ4v) is 2.28. The van der Waals surface area contributed by atoms with Gasteiger partial charge in [-0.25, -0.2) is 0 Å². The van der Waals surface area contributed by atoms with Crippen molar-refractivity contribution < 1.29 is 4.52 Å². The van der Waals surface area contributed by atoms with E-state index in [0.717, 1.165) is 11.1 Å². The van der Waals surface area contributed by atoms with Gasteiger partial charge in [-0.15, -0.1) is 0 Å². The van der Waals surface area contributed by atoms with Crippen LogP contribution in [-0.2, 0) is 0 Å². The van der Waals surface area contributed by atoms with Gasteiger partial charge in [0.1, 0.15) is 0 Å². The van der Waals surface area contributed by atoms with E-state index in [1.165, 1.54) is 0 Å². The van der Waals surface area contributed by atoms with E-state index in [1.807, 2.05) is 0 Å². The summed E-state index contributed by atoms with van der Waals surface area (Å²) in [6, 6.07) is 14.3. The zero-order chi connectivity index (χ0) is 15.5. The van der Waals surface area contributed by atoms with Gasteiger partial charge in [-0.05, 0) is 48.6 Å². The van der Waals surface area contributed by atoms with Gasteiger partial charge in [0.15, 0.2) is 16.5 Å². The minimum absolute atomic E-state index is 0.370. The highest BCUT2D eigenvalue weighted by atomic mass is 35.5. The Morgan fingerprint density at radius 3 is 2.68 bits per heavy atom. The van der Waals surface area contributed by atoms with Crippen LogP contribution in [-0.4, -0.2) is 10.3 Å². The Morgan fingerprint density at radius 1 is 1.18 bits per heavy atom. The standard InChI is InChI=1S/C15H9ClN4OS/c16-10-3-6-12-13(7-10)21-20-14(12)19-15(22)18-11-4-1-9(8-17)2-5-11/h1-7H,(H2,18,19,20,22). The summed E-state index contributed by atoms with van der Waals surface area (Å²) in [6.45, 7) is 0. The molecular formula is C15H9ClN4OS. The Balaban J connectivity index is 1.74. The third kappa shape index (κ3) is 3.01. The fourth-order valence-electron chi connectivity index (χ4n) is 1.90. The first-order chi connectivity index (χ1) is 10.7. The molecule has 0 fully saturated rings. The van der Waals surface area contributed by atoms with Gasteiger partial charge in [0.05, 0.1) is 17.0 Å². The second-order valence-corrected chi connectivity index (χ2v) is 5.28. The van der Waals surface area contributed by atoms with Crippen LogP contribution < -0.4 is 10.6 Å². The molecule has 1 heterocycles. The van der Waals surface area contributed by atoms with Crippen molar-refractivity contribution in [2.45, 2.75) is 0 Å². The second-order valence-electron chi connectivity index (χ2n) is 4.44. The normalized spacial score (nSPS) is 10.2. The number of aromatic nitrogens is 1. The van der Waals surface area contributed by atoms with Crippen LogP contribution in [0.1, 0.15) is 5.56 Å². The molecule has 0 bridgehead atoms. The highest BCUT2D eigenvalue weighted by Gasteiger charge is 2.10. The van der Waals surface area contributed by atoms with Crippen molar-refractivity contribution in [3.63, 3.8) is 0 Å².